The van der Waals surface area contributed by atoms with Gasteiger partial charge in [0.15, 0.2) is 11.5 Å². The van der Waals surface area contributed by atoms with Gasteiger partial charge in [-0.2, -0.15) is 0 Å². The standard InChI is InChI=1S/C24H30N2O3/c1-6-28-22-11-8-18(14-23(22)29-7-2)12-13-25-24(27)19-9-10-21-20(15-19)16(3)17(4)26(21)5/h8-11,14-15H,6-7,12-13H2,1-5H3,(H,25,27). The van der Waals surface area contributed by atoms with Gasteiger partial charge < -0.3 is 19.4 Å². The Balaban J connectivity index is 1.66. The number of aromatic nitrogens is 1. The van der Waals surface area contributed by atoms with E-state index in [0.717, 1.165) is 34.4 Å². The topological polar surface area (TPSA) is 52.5 Å². The van der Waals surface area contributed by atoms with Gasteiger partial charge in [-0.3, -0.25) is 4.79 Å². The molecule has 1 aromatic heterocycles. The van der Waals surface area contributed by atoms with Gasteiger partial charge in [0.05, 0.1) is 13.2 Å². The van der Waals surface area contributed by atoms with Gasteiger partial charge in [0.2, 0.25) is 0 Å². The Labute approximate surface area is 172 Å². The van der Waals surface area contributed by atoms with E-state index >= 15 is 0 Å². The maximum Gasteiger partial charge on any atom is 0.251 e. The second-order valence-electron chi connectivity index (χ2n) is 7.15. The maximum absolute atomic E-state index is 12.6. The normalized spacial score (nSPS) is 10.9. The number of ether oxygens (including phenoxy) is 2. The van der Waals surface area contributed by atoms with Gasteiger partial charge in [-0.1, -0.05) is 6.07 Å². The van der Waals surface area contributed by atoms with Gasteiger partial charge >= 0.3 is 0 Å². The van der Waals surface area contributed by atoms with E-state index in [1.165, 1.54) is 11.3 Å². The second kappa shape index (κ2) is 9.03. The zero-order valence-corrected chi connectivity index (χ0v) is 18.0. The van der Waals surface area contributed by atoms with Crippen LogP contribution in [0.1, 0.15) is 41.0 Å². The van der Waals surface area contributed by atoms with Crippen LogP contribution in [0.3, 0.4) is 0 Å². The first kappa shape index (κ1) is 20.8. The van der Waals surface area contributed by atoms with Crippen LogP contribution in [-0.2, 0) is 13.5 Å². The Morgan fingerprint density at radius 2 is 1.72 bits per heavy atom. The molecule has 0 aliphatic heterocycles. The van der Waals surface area contributed by atoms with Crippen LogP contribution in [0.2, 0.25) is 0 Å². The molecule has 1 amide bonds. The quantitative estimate of drug-likeness (QED) is 0.609. The lowest BCUT2D eigenvalue weighted by atomic mass is 10.1. The zero-order chi connectivity index (χ0) is 21.0. The zero-order valence-electron chi connectivity index (χ0n) is 18.0. The van der Waals surface area contributed by atoms with Crippen LogP contribution in [0.4, 0.5) is 0 Å². The highest BCUT2D eigenvalue weighted by Crippen LogP contribution is 2.29. The molecule has 0 radical (unpaired) electrons. The van der Waals surface area contributed by atoms with E-state index in [4.69, 9.17) is 9.47 Å². The third-order valence-electron chi connectivity index (χ3n) is 5.38. The molecular formula is C24H30N2O3. The summed E-state index contributed by atoms with van der Waals surface area (Å²) < 4.78 is 13.4. The molecule has 0 aliphatic carbocycles. The van der Waals surface area contributed by atoms with Crippen molar-refractivity contribution in [1.82, 2.24) is 9.88 Å². The van der Waals surface area contributed by atoms with Gasteiger partial charge in [-0.15, -0.1) is 0 Å². The fourth-order valence-electron chi connectivity index (χ4n) is 3.57. The second-order valence-corrected chi connectivity index (χ2v) is 7.15. The molecule has 3 aromatic rings. The van der Waals surface area contributed by atoms with Crippen LogP contribution in [0.25, 0.3) is 10.9 Å². The number of nitrogens with zero attached hydrogens (tertiary/aromatic N) is 1. The Bertz CT molecular complexity index is 1020. The van der Waals surface area contributed by atoms with E-state index in [2.05, 4.69) is 30.8 Å². The van der Waals surface area contributed by atoms with Crippen molar-refractivity contribution in [3.63, 3.8) is 0 Å². The highest BCUT2D eigenvalue weighted by atomic mass is 16.5. The fraction of sp³-hybridized carbons (Fsp3) is 0.375. The molecule has 154 valence electrons. The Kier molecular flexibility index (Phi) is 6.47. The summed E-state index contributed by atoms with van der Waals surface area (Å²) in [6.07, 6.45) is 0.726. The number of fused-ring (bicyclic) bond motifs is 1. The summed E-state index contributed by atoms with van der Waals surface area (Å²) in [7, 11) is 2.05. The van der Waals surface area contributed by atoms with Crippen molar-refractivity contribution >= 4 is 16.8 Å². The monoisotopic (exact) mass is 394 g/mol. The molecule has 0 saturated carbocycles. The molecule has 1 heterocycles. The summed E-state index contributed by atoms with van der Waals surface area (Å²) in [5.74, 6) is 1.45. The summed E-state index contributed by atoms with van der Waals surface area (Å²) >= 11 is 0. The van der Waals surface area contributed by atoms with Crippen molar-refractivity contribution in [3.8, 4) is 11.5 Å². The van der Waals surface area contributed by atoms with Crippen molar-refractivity contribution in [3.05, 3.63) is 58.8 Å². The largest absolute Gasteiger partial charge is 0.490 e. The van der Waals surface area contributed by atoms with E-state index < -0.39 is 0 Å². The van der Waals surface area contributed by atoms with E-state index in [-0.39, 0.29) is 5.91 Å². The molecule has 0 saturated heterocycles. The smallest absolute Gasteiger partial charge is 0.251 e. The Hall–Kier alpha value is -2.95. The van der Waals surface area contributed by atoms with Gasteiger partial charge in [0, 0.05) is 35.8 Å². The summed E-state index contributed by atoms with van der Waals surface area (Å²) in [6.45, 7) is 9.85. The van der Waals surface area contributed by atoms with E-state index in [1.54, 1.807) is 0 Å². The van der Waals surface area contributed by atoms with Crippen molar-refractivity contribution in [2.75, 3.05) is 19.8 Å². The third-order valence-corrected chi connectivity index (χ3v) is 5.38. The first-order valence-corrected chi connectivity index (χ1v) is 10.2. The first-order chi connectivity index (χ1) is 14.0. The first-order valence-electron chi connectivity index (χ1n) is 10.2. The predicted octanol–water partition coefficient (Wildman–Crippen LogP) is 4.57. The van der Waals surface area contributed by atoms with Crippen LogP contribution in [0, 0.1) is 13.8 Å². The van der Waals surface area contributed by atoms with Crippen LogP contribution in [0.5, 0.6) is 11.5 Å². The summed E-state index contributed by atoms with van der Waals surface area (Å²) in [5, 5.41) is 4.16. The molecule has 0 aliphatic rings. The molecular weight excluding hydrogens is 364 g/mol. The van der Waals surface area contributed by atoms with Gasteiger partial charge in [-0.25, -0.2) is 0 Å². The van der Waals surface area contributed by atoms with Crippen molar-refractivity contribution in [1.29, 1.82) is 0 Å². The third kappa shape index (κ3) is 4.39. The molecule has 0 spiro atoms. The van der Waals surface area contributed by atoms with Crippen molar-refractivity contribution in [2.45, 2.75) is 34.1 Å². The number of aryl methyl sites for hydroxylation is 2. The summed E-state index contributed by atoms with van der Waals surface area (Å²) in [6, 6.07) is 11.8. The lowest BCUT2D eigenvalue weighted by Gasteiger charge is -2.12. The van der Waals surface area contributed by atoms with E-state index in [0.29, 0.717) is 25.3 Å². The number of amides is 1. The lowest BCUT2D eigenvalue weighted by molar-refractivity contribution is 0.0954. The molecule has 0 fully saturated rings. The average molecular weight is 395 g/mol. The molecule has 0 bridgehead atoms. The minimum atomic E-state index is -0.0521. The van der Waals surface area contributed by atoms with Gasteiger partial charge in [0.25, 0.3) is 5.91 Å². The van der Waals surface area contributed by atoms with Gasteiger partial charge in [-0.05, 0) is 75.6 Å². The van der Waals surface area contributed by atoms with Crippen LogP contribution >= 0.6 is 0 Å². The minimum Gasteiger partial charge on any atom is -0.490 e. The number of carbonyl (C=O) groups excluding carboxylic acids is 1. The molecule has 0 atom stereocenters. The van der Waals surface area contributed by atoms with E-state index in [9.17, 15) is 4.79 Å². The number of hydrogen-bond acceptors (Lipinski definition) is 3. The number of carbonyl (C=O) groups is 1. The van der Waals surface area contributed by atoms with Crippen molar-refractivity contribution in [2.24, 2.45) is 7.05 Å². The van der Waals surface area contributed by atoms with Crippen LogP contribution < -0.4 is 14.8 Å². The van der Waals surface area contributed by atoms with Gasteiger partial charge in [0.1, 0.15) is 0 Å². The maximum atomic E-state index is 12.6. The van der Waals surface area contributed by atoms with Crippen LogP contribution in [0.15, 0.2) is 36.4 Å². The number of nitrogens with one attached hydrogen (secondary N) is 1. The Morgan fingerprint density at radius 3 is 2.45 bits per heavy atom. The molecule has 29 heavy (non-hydrogen) atoms. The molecule has 0 unspecified atom stereocenters. The molecule has 3 rings (SSSR count). The van der Waals surface area contributed by atoms with Crippen molar-refractivity contribution < 1.29 is 14.3 Å². The molecule has 1 N–H and O–H groups in total. The van der Waals surface area contributed by atoms with Crippen LogP contribution in [-0.4, -0.2) is 30.2 Å². The molecule has 5 heteroatoms. The summed E-state index contributed by atoms with van der Waals surface area (Å²) in [4.78, 5) is 12.6. The molecule has 2 aromatic carbocycles. The SMILES string of the molecule is CCOc1ccc(CCNC(=O)c2ccc3c(c2)c(C)c(C)n3C)cc1OCC. The predicted molar refractivity (Wildman–Crippen MR) is 117 cm³/mol. The average Bonchev–Trinajstić information content (AvgIpc) is 2.94. The highest BCUT2D eigenvalue weighted by Gasteiger charge is 2.12. The number of hydrogen-bond donors (Lipinski definition) is 1. The minimum absolute atomic E-state index is 0.0521. The number of rotatable bonds is 8. The Morgan fingerprint density at radius 1 is 1.00 bits per heavy atom. The number of benzene rings is 2. The molecule has 5 nitrogen and oxygen atoms in total. The lowest BCUT2D eigenvalue weighted by Crippen LogP contribution is -2.25. The summed E-state index contributed by atoms with van der Waals surface area (Å²) in [5.41, 5.74) is 5.37. The fourth-order valence-corrected chi connectivity index (χ4v) is 3.57. The van der Waals surface area contributed by atoms with E-state index in [1.807, 2.05) is 50.2 Å². The highest BCUT2D eigenvalue weighted by molar-refractivity contribution is 5.99.